The van der Waals surface area contributed by atoms with Crippen molar-refractivity contribution in [2.75, 3.05) is 29.1 Å². The number of anilines is 4. The molecular weight excluding hydrogens is 558 g/mol. The van der Waals surface area contributed by atoms with Gasteiger partial charge in [-0.25, -0.2) is 18.4 Å². The summed E-state index contributed by atoms with van der Waals surface area (Å²) in [4.78, 5) is 9.29. The van der Waals surface area contributed by atoms with Crippen LogP contribution in [-0.4, -0.2) is 31.8 Å². The Morgan fingerprint density at radius 1 is 0.674 bits per heavy atom. The first-order chi connectivity index (χ1) is 20.8. The minimum absolute atomic E-state index is 0.439. The lowest BCUT2D eigenvalue weighted by atomic mass is 10.1. The fourth-order valence-corrected chi connectivity index (χ4v) is 5.56. The van der Waals surface area contributed by atoms with E-state index < -0.39 is 10.0 Å². The van der Waals surface area contributed by atoms with Gasteiger partial charge in [-0.15, -0.1) is 0 Å². The molecule has 7 aromatic rings. The number of nitrogen functional groups attached to an aromatic ring is 1. The van der Waals surface area contributed by atoms with Crippen LogP contribution in [0, 0.1) is 0 Å². The fourth-order valence-electron chi connectivity index (χ4n) is 5.00. The molecule has 0 aliphatic carbocycles. The van der Waals surface area contributed by atoms with E-state index in [0.29, 0.717) is 11.4 Å². The van der Waals surface area contributed by atoms with Gasteiger partial charge in [0.05, 0.1) is 52.5 Å². The zero-order valence-corrected chi connectivity index (χ0v) is 24.4. The van der Waals surface area contributed by atoms with E-state index in [1.807, 2.05) is 91.0 Å². The van der Waals surface area contributed by atoms with Crippen LogP contribution in [0.5, 0.6) is 5.75 Å². The number of benzene rings is 5. The van der Waals surface area contributed by atoms with Crippen molar-refractivity contribution in [1.82, 2.24) is 9.97 Å². The Bertz CT molecular complexity index is 2180. The van der Waals surface area contributed by atoms with Gasteiger partial charge in [-0.2, -0.15) is 0 Å². The molecule has 5 aromatic carbocycles. The molecule has 4 N–H and O–H groups in total. The number of nitrogens with one attached hydrogen (secondary N) is 2. The molecule has 0 aliphatic rings. The molecule has 0 saturated carbocycles. The third kappa shape index (κ3) is 5.98. The van der Waals surface area contributed by atoms with Gasteiger partial charge < -0.3 is 15.8 Å². The number of para-hydroxylation sites is 3. The third-order valence-corrected chi connectivity index (χ3v) is 7.55. The van der Waals surface area contributed by atoms with E-state index in [4.69, 9.17) is 15.5 Å². The van der Waals surface area contributed by atoms with E-state index >= 15 is 0 Å². The van der Waals surface area contributed by atoms with E-state index in [9.17, 15) is 8.42 Å². The molecule has 9 heteroatoms. The lowest BCUT2D eigenvalue weighted by Crippen LogP contribution is -2.09. The molecule has 214 valence electrons. The van der Waals surface area contributed by atoms with Crippen molar-refractivity contribution in [1.29, 1.82) is 0 Å². The van der Waals surface area contributed by atoms with Crippen molar-refractivity contribution in [2.24, 2.45) is 0 Å². The SMILES string of the molecule is COc1cc(NS(C)(=O)=O)ccc1Nc1c2ccccc2nc2ccccc12.Nc1cccc2nc3ccccc3cc12. The summed E-state index contributed by atoms with van der Waals surface area (Å²) in [7, 11) is -1.82. The van der Waals surface area contributed by atoms with Gasteiger partial charge in [-0.05, 0) is 48.5 Å². The topological polar surface area (TPSA) is 119 Å². The van der Waals surface area contributed by atoms with E-state index in [1.54, 1.807) is 25.3 Å². The zero-order valence-electron chi connectivity index (χ0n) is 23.6. The van der Waals surface area contributed by atoms with Gasteiger partial charge in [-0.3, -0.25) is 4.72 Å². The second-order valence-electron chi connectivity index (χ2n) is 10.0. The maximum absolute atomic E-state index is 11.5. The van der Waals surface area contributed by atoms with Crippen LogP contribution in [0.3, 0.4) is 0 Å². The maximum atomic E-state index is 11.5. The standard InChI is InChI=1S/C21H19N3O3S.C13H10N2/c1-27-20-13-14(24-28(2,25)26)11-12-19(20)23-21-15-7-3-5-9-17(15)22-18-10-6-4-8-16(18)21;14-11-5-3-7-13-10(11)8-9-4-1-2-6-12(9)15-13/h3-13,24H,1-2H3,(H,22,23);1-8H,14H2. The summed E-state index contributed by atoms with van der Waals surface area (Å²) in [5, 5.41) is 7.58. The highest BCUT2D eigenvalue weighted by Crippen LogP contribution is 2.37. The smallest absolute Gasteiger partial charge is 0.229 e. The lowest BCUT2D eigenvalue weighted by Gasteiger charge is -2.16. The number of rotatable bonds is 5. The van der Waals surface area contributed by atoms with Crippen molar-refractivity contribution >= 4 is 76.4 Å². The molecule has 2 heterocycles. The molecule has 0 amide bonds. The molecule has 8 nitrogen and oxygen atoms in total. The van der Waals surface area contributed by atoms with Crippen LogP contribution in [0.2, 0.25) is 0 Å². The monoisotopic (exact) mass is 587 g/mol. The third-order valence-electron chi connectivity index (χ3n) is 6.95. The predicted molar refractivity (Wildman–Crippen MR) is 178 cm³/mol. The normalized spacial score (nSPS) is 11.3. The Morgan fingerprint density at radius 3 is 1.93 bits per heavy atom. The van der Waals surface area contributed by atoms with Crippen molar-refractivity contribution in [3.63, 3.8) is 0 Å². The molecule has 0 radical (unpaired) electrons. The number of hydrogen-bond donors (Lipinski definition) is 3. The van der Waals surface area contributed by atoms with Gasteiger partial charge in [0.1, 0.15) is 5.75 Å². The Balaban J connectivity index is 0.000000183. The number of hydrogen-bond acceptors (Lipinski definition) is 7. The fraction of sp³-hybridized carbons (Fsp3) is 0.0588. The van der Waals surface area contributed by atoms with Crippen LogP contribution < -0.4 is 20.5 Å². The van der Waals surface area contributed by atoms with Crippen LogP contribution in [-0.2, 0) is 10.0 Å². The van der Waals surface area contributed by atoms with Crippen LogP contribution in [0.4, 0.5) is 22.7 Å². The van der Waals surface area contributed by atoms with Gasteiger partial charge in [0.15, 0.2) is 0 Å². The van der Waals surface area contributed by atoms with Crippen molar-refractivity contribution in [2.45, 2.75) is 0 Å². The first-order valence-corrected chi connectivity index (χ1v) is 15.4. The highest BCUT2D eigenvalue weighted by molar-refractivity contribution is 7.92. The highest BCUT2D eigenvalue weighted by atomic mass is 32.2. The number of nitrogens with two attached hydrogens (primary N) is 1. The summed E-state index contributed by atoms with van der Waals surface area (Å²) in [6.07, 6.45) is 1.11. The summed E-state index contributed by atoms with van der Waals surface area (Å²) in [5.41, 5.74) is 12.5. The van der Waals surface area contributed by atoms with E-state index in [0.717, 1.165) is 66.9 Å². The molecule has 0 saturated heterocycles. The number of fused-ring (bicyclic) bond motifs is 4. The molecule has 7 rings (SSSR count). The van der Waals surface area contributed by atoms with Crippen LogP contribution in [0.15, 0.2) is 115 Å². The van der Waals surface area contributed by atoms with Gasteiger partial charge in [0.25, 0.3) is 0 Å². The summed E-state index contributed by atoms with van der Waals surface area (Å²) < 4.78 is 30.9. The van der Waals surface area contributed by atoms with Crippen molar-refractivity contribution < 1.29 is 13.2 Å². The van der Waals surface area contributed by atoms with E-state index in [-0.39, 0.29) is 0 Å². The Kier molecular flexibility index (Phi) is 7.40. The van der Waals surface area contributed by atoms with E-state index in [1.165, 1.54) is 0 Å². The summed E-state index contributed by atoms with van der Waals surface area (Å²) >= 11 is 0. The number of methoxy groups -OCH3 is 1. The Morgan fingerprint density at radius 2 is 1.26 bits per heavy atom. The number of aromatic nitrogens is 2. The Hall–Kier alpha value is -5.41. The summed E-state index contributed by atoms with van der Waals surface area (Å²) in [5.74, 6) is 0.527. The molecule has 0 spiro atoms. The van der Waals surface area contributed by atoms with E-state index in [2.05, 4.69) is 21.1 Å². The molecule has 0 fully saturated rings. The predicted octanol–water partition coefficient (Wildman–Crippen LogP) is 7.48. The lowest BCUT2D eigenvalue weighted by molar-refractivity contribution is 0.417. The average molecular weight is 588 g/mol. The minimum Gasteiger partial charge on any atom is -0.494 e. The molecule has 43 heavy (non-hydrogen) atoms. The highest BCUT2D eigenvalue weighted by Gasteiger charge is 2.13. The summed E-state index contributed by atoms with van der Waals surface area (Å²) in [6.45, 7) is 0. The first-order valence-electron chi connectivity index (χ1n) is 13.5. The largest absolute Gasteiger partial charge is 0.494 e. The molecular formula is C34H29N5O3S. The number of sulfonamides is 1. The van der Waals surface area contributed by atoms with Gasteiger partial charge in [0.2, 0.25) is 10.0 Å². The van der Waals surface area contributed by atoms with Gasteiger partial charge in [-0.1, -0.05) is 60.7 Å². The Labute approximate surface area is 249 Å². The molecule has 0 aliphatic heterocycles. The number of pyridine rings is 2. The van der Waals surface area contributed by atoms with Crippen molar-refractivity contribution in [3.8, 4) is 5.75 Å². The van der Waals surface area contributed by atoms with Crippen LogP contribution >= 0.6 is 0 Å². The quantitative estimate of drug-likeness (QED) is 0.141. The number of ether oxygens (including phenoxy) is 1. The summed E-state index contributed by atoms with van der Waals surface area (Å²) in [6, 6.07) is 36.9. The van der Waals surface area contributed by atoms with Crippen molar-refractivity contribution in [3.05, 3.63) is 115 Å². The number of nitrogens with zero attached hydrogens (tertiary/aromatic N) is 2. The second-order valence-corrected chi connectivity index (χ2v) is 11.8. The second kappa shape index (κ2) is 11.5. The minimum atomic E-state index is -3.37. The molecule has 0 atom stereocenters. The molecule has 2 aromatic heterocycles. The average Bonchev–Trinajstić information content (AvgIpc) is 3.00. The van der Waals surface area contributed by atoms with Crippen LogP contribution in [0.25, 0.3) is 43.6 Å². The first kappa shape index (κ1) is 27.7. The zero-order chi connectivity index (χ0) is 30.0. The van der Waals surface area contributed by atoms with Crippen LogP contribution in [0.1, 0.15) is 0 Å². The van der Waals surface area contributed by atoms with Gasteiger partial charge >= 0.3 is 0 Å². The molecule has 0 bridgehead atoms. The van der Waals surface area contributed by atoms with Gasteiger partial charge in [0, 0.05) is 33.3 Å². The molecule has 0 unspecified atom stereocenters. The maximum Gasteiger partial charge on any atom is 0.229 e.